The molecule has 248 valence electrons. The lowest BCUT2D eigenvalue weighted by molar-refractivity contribution is 0.670. The van der Waals surface area contributed by atoms with Gasteiger partial charge in [-0.15, -0.1) is 11.3 Å². The van der Waals surface area contributed by atoms with E-state index in [0.29, 0.717) is 0 Å². The fourth-order valence-electron chi connectivity index (χ4n) is 8.24. The van der Waals surface area contributed by atoms with Gasteiger partial charge in [-0.3, -0.25) is 0 Å². The van der Waals surface area contributed by atoms with Gasteiger partial charge in [0.15, 0.2) is 0 Å². The molecule has 11 rings (SSSR count). The molecule has 0 aliphatic rings. The molecule has 53 heavy (non-hydrogen) atoms. The lowest BCUT2D eigenvalue weighted by atomic mass is 9.98. The van der Waals surface area contributed by atoms with Crippen molar-refractivity contribution in [2.45, 2.75) is 0 Å². The number of para-hydroxylation sites is 1. The van der Waals surface area contributed by atoms with Gasteiger partial charge in [-0.25, -0.2) is 0 Å². The average molecular weight is 694 g/mol. The Labute approximate surface area is 310 Å². The highest BCUT2D eigenvalue weighted by Gasteiger charge is 2.25. The Hall–Kier alpha value is -6.68. The van der Waals surface area contributed by atoms with E-state index < -0.39 is 0 Å². The number of hydrogen-bond donors (Lipinski definition) is 0. The molecule has 2 nitrogen and oxygen atoms in total. The standard InChI is InChI=1S/C50H31NOS/c1-3-13-32(14-4-1)38-29-30-44(48-40-19-9-10-23-45(40)52-49(38)48)51(36-28-27-35-26-25-34-17-7-8-18-37(34)42(35)31-36)43-22-12-24-46-47(43)41-21-11-20-39(50(41)53-46)33-15-5-2-6-16-33/h1-31H. The van der Waals surface area contributed by atoms with Gasteiger partial charge >= 0.3 is 0 Å². The van der Waals surface area contributed by atoms with Crippen molar-refractivity contribution >= 4 is 92.1 Å². The molecule has 0 bridgehead atoms. The highest BCUT2D eigenvalue weighted by Crippen LogP contribution is 2.51. The molecule has 0 N–H and O–H groups in total. The van der Waals surface area contributed by atoms with Crippen LogP contribution in [0.2, 0.25) is 0 Å². The van der Waals surface area contributed by atoms with Crippen molar-refractivity contribution in [3.05, 3.63) is 188 Å². The number of thiophene rings is 1. The lowest BCUT2D eigenvalue weighted by Crippen LogP contribution is -2.11. The second-order valence-electron chi connectivity index (χ2n) is 13.6. The van der Waals surface area contributed by atoms with Gasteiger partial charge in [-0.05, 0) is 80.7 Å². The third-order valence-corrected chi connectivity index (χ3v) is 11.8. The third kappa shape index (κ3) is 4.71. The summed E-state index contributed by atoms with van der Waals surface area (Å²) < 4.78 is 9.36. The summed E-state index contributed by atoms with van der Waals surface area (Å²) in [7, 11) is 0. The zero-order valence-corrected chi connectivity index (χ0v) is 29.5. The van der Waals surface area contributed by atoms with Gasteiger partial charge in [0.1, 0.15) is 11.2 Å². The van der Waals surface area contributed by atoms with Gasteiger partial charge < -0.3 is 9.32 Å². The smallest absolute Gasteiger partial charge is 0.145 e. The van der Waals surface area contributed by atoms with E-state index in [1.165, 1.54) is 52.8 Å². The minimum atomic E-state index is 0.878. The molecular formula is C50H31NOS. The molecular weight excluding hydrogens is 663 g/mol. The minimum Gasteiger partial charge on any atom is -0.455 e. The van der Waals surface area contributed by atoms with Crippen molar-refractivity contribution in [1.29, 1.82) is 0 Å². The summed E-state index contributed by atoms with van der Waals surface area (Å²) in [6, 6.07) is 67.9. The molecule has 11 aromatic rings. The van der Waals surface area contributed by atoms with Gasteiger partial charge in [0.05, 0.1) is 16.8 Å². The quantitative estimate of drug-likeness (QED) is 0.167. The maximum Gasteiger partial charge on any atom is 0.145 e. The van der Waals surface area contributed by atoms with Gasteiger partial charge in [-0.1, -0.05) is 146 Å². The summed E-state index contributed by atoms with van der Waals surface area (Å²) in [5.41, 5.74) is 9.78. The largest absolute Gasteiger partial charge is 0.455 e. The monoisotopic (exact) mass is 693 g/mol. The van der Waals surface area contributed by atoms with Crippen LogP contribution in [-0.2, 0) is 0 Å². The van der Waals surface area contributed by atoms with Crippen molar-refractivity contribution in [3.8, 4) is 22.3 Å². The number of nitrogens with zero attached hydrogens (tertiary/aromatic N) is 1. The van der Waals surface area contributed by atoms with Crippen molar-refractivity contribution in [2.75, 3.05) is 4.90 Å². The molecule has 0 fully saturated rings. The van der Waals surface area contributed by atoms with E-state index in [9.17, 15) is 0 Å². The van der Waals surface area contributed by atoms with E-state index in [1.54, 1.807) is 0 Å². The topological polar surface area (TPSA) is 16.4 Å². The Kier molecular flexibility index (Phi) is 6.76. The number of benzene rings is 9. The molecule has 0 unspecified atom stereocenters. The average Bonchev–Trinajstić information content (AvgIpc) is 3.81. The van der Waals surface area contributed by atoms with Crippen LogP contribution in [0.1, 0.15) is 0 Å². The first-order valence-electron chi connectivity index (χ1n) is 18.0. The first-order chi connectivity index (χ1) is 26.3. The maximum atomic E-state index is 6.81. The Balaban J connectivity index is 1.26. The Morgan fingerprint density at radius 3 is 1.89 bits per heavy atom. The molecule has 0 amide bonds. The SMILES string of the molecule is c1ccc(-c2ccc(N(c3ccc4ccc5ccccc5c4c3)c3cccc4sc5c(-c6ccccc6)cccc5c34)c3c2oc2ccccc23)cc1. The summed E-state index contributed by atoms with van der Waals surface area (Å²) in [5, 5.41) is 9.63. The van der Waals surface area contributed by atoms with Crippen LogP contribution in [0.15, 0.2) is 192 Å². The van der Waals surface area contributed by atoms with E-state index >= 15 is 0 Å². The second kappa shape index (κ2) is 11.9. The third-order valence-electron chi connectivity index (χ3n) is 10.6. The molecule has 2 heterocycles. The van der Waals surface area contributed by atoms with E-state index in [2.05, 4.69) is 193 Å². The first kappa shape index (κ1) is 30.0. The van der Waals surface area contributed by atoms with Crippen LogP contribution in [0.4, 0.5) is 17.1 Å². The van der Waals surface area contributed by atoms with E-state index in [-0.39, 0.29) is 0 Å². The minimum absolute atomic E-state index is 0.878. The van der Waals surface area contributed by atoms with Crippen LogP contribution >= 0.6 is 11.3 Å². The highest BCUT2D eigenvalue weighted by molar-refractivity contribution is 7.26. The molecule has 0 spiro atoms. The predicted molar refractivity (Wildman–Crippen MR) is 227 cm³/mol. The predicted octanol–water partition coefficient (Wildman–Crippen LogP) is 15.1. The summed E-state index contributed by atoms with van der Waals surface area (Å²) in [4.78, 5) is 2.48. The zero-order valence-electron chi connectivity index (χ0n) is 28.7. The lowest BCUT2D eigenvalue weighted by Gasteiger charge is -2.28. The Morgan fingerprint density at radius 2 is 1.06 bits per heavy atom. The fraction of sp³-hybridized carbons (Fsp3) is 0. The number of rotatable bonds is 5. The van der Waals surface area contributed by atoms with Crippen LogP contribution in [0.25, 0.3) is 85.9 Å². The molecule has 3 heteroatoms. The van der Waals surface area contributed by atoms with Gasteiger partial charge in [0, 0.05) is 36.8 Å². The molecule has 0 radical (unpaired) electrons. The molecule has 0 aliphatic carbocycles. The van der Waals surface area contributed by atoms with Crippen LogP contribution in [0, 0.1) is 0 Å². The van der Waals surface area contributed by atoms with Gasteiger partial charge in [-0.2, -0.15) is 0 Å². The normalized spacial score (nSPS) is 11.8. The van der Waals surface area contributed by atoms with Gasteiger partial charge in [0.25, 0.3) is 0 Å². The second-order valence-corrected chi connectivity index (χ2v) is 14.7. The van der Waals surface area contributed by atoms with Crippen molar-refractivity contribution in [1.82, 2.24) is 0 Å². The fourth-order valence-corrected chi connectivity index (χ4v) is 9.50. The Morgan fingerprint density at radius 1 is 0.415 bits per heavy atom. The van der Waals surface area contributed by atoms with Crippen LogP contribution in [0.5, 0.6) is 0 Å². The summed E-state index contributed by atoms with van der Waals surface area (Å²) >= 11 is 1.87. The van der Waals surface area contributed by atoms with E-state index in [4.69, 9.17) is 4.42 Å². The number of hydrogen-bond acceptors (Lipinski definition) is 3. The molecule has 0 saturated carbocycles. The number of furan rings is 1. The number of fused-ring (bicyclic) bond motifs is 9. The molecule has 2 aromatic heterocycles. The van der Waals surface area contributed by atoms with Crippen LogP contribution < -0.4 is 4.90 Å². The van der Waals surface area contributed by atoms with Crippen molar-refractivity contribution in [3.63, 3.8) is 0 Å². The summed E-state index contributed by atoms with van der Waals surface area (Å²) in [5.74, 6) is 0. The first-order valence-corrected chi connectivity index (χ1v) is 18.8. The van der Waals surface area contributed by atoms with Crippen LogP contribution in [0.3, 0.4) is 0 Å². The molecule has 0 saturated heterocycles. The van der Waals surface area contributed by atoms with E-state index in [0.717, 1.165) is 50.1 Å². The van der Waals surface area contributed by atoms with Gasteiger partial charge in [0.2, 0.25) is 0 Å². The number of anilines is 3. The molecule has 0 aliphatic heterocycles. The van der Waals surface area contributed by atoms with Crippen molar-refractivity contribution in [2.24, 2.45) is 0 Å². The van der Waals surface area contributed by atoms with Crippen molar-refractivity contribution < 1.29 is 4.42 Å². The highest BCUT2D eigenvalue weighted by atomic mass is 32.1. The molecule has 9 aromatic carbocycles. The zero-order chi connectivity index (χ0) is 34.9. The molecule has 0 atom stereocenters. The van der Waals surface area contributed by atoms with E-state index in [1.807, 2.05) is 11.3 Å². The van der Waals surface area contributed by atoms with Crippen LogP contribution in [-0.4, -0.2) is 0 Å². The summed E-state index contributed by atoms with van der Waals surface area (Å²) in [6.07, 6.45) is 0. The maximum absolute atomic E-state index is 6.81. The Bertz CT molecular complexity index is 3180. The summed E-state index contributed by atoms with van der Waals surface area (Å²) in [6.45, 7) is 0.